The molecule has 1 saturated heterocycles. The van der Waals surface area contributed by atoms with E-state index in [0.717, 1.165) is 0 Å². The summed E-state index contributed by atoms with van der Waals surface area (Å²) in [4.78, 5) is 41.5. The highest BCUT2D eigenvalue weighted by Gasteiger charge is 2.36. The zero-order chi connectivity index (χ0) is 24.2. The molecule has 0 bridgehead atoms. The van der Waals surface area contributed by atoms with Crippen LogP contribution in [0, 0.1) is 0 Å². The lowest BCUT2D eigenvalue weighted by Crippen LogP contribution is -2.53. The SMILES string of the molecule is CCOC(=O)C1=C(CN2CCN(C(=O)OC(C)(C)C)CC2)NC(=O)N[C@@H]1c1ccccc1Cl. The van der Waals surface area contributed by atoms with E-state index in [1.807, 2.05) is 20.8 Å². The van der Waals surface area contributed by atoms with Gasteiger partial charge in [-0.3, -0.25) is 4.90 Å². The second-order valence-electron chi connectivity index (χ2n) is 8.91. The average Bonchev–Trinajstić information content (AvgIpc) is 2.73. The Morgan fingerprint density at radius 2 is 1.82 bits per heavy atom. The van der Waals surface area contributed by atoms with E-state index in [1.54, 1.807) is 36.1 Å². The number of halogens is 1. The fourth-order valence-electron chi connectivity index (χ4n) is 3.77. The van der Waals surface area contributed by atoms with Crippen molar-refractivity contribution in [3.05, 3.63) is 46.1 Å². The molecule has 1 aromatic carbocycles. The van der Waals surface area contributed by atoms with Crippen molar-refractivity contribution in [1.29, 1.82) is 0 Å². The van der Waals surface area contributed by atoms with Crippen LogP contribution in [0.4, 0.5) is 9.59 Å². The van der Waals surface area contributed by atoms with Gasteiger partial charge >= 0.3 is 18.1 Å². The van der Waals surface area contributed by atoms with Gasteiger partial charge in [0.25, 0.3) is 0 Å². The molecule has 0 saturated carbocycles. The van der Waals surface area contributed by atoms with E-state index < -0.39 is 23.6 Å². The molecule has 3 amide bonds. The number of carbonyl (C=O) groups excluding carboxylic acids is 3. The van der Waals surface area contributed by atoms with Gasteiger partial charge < -0.3 is 25.0 Å². The summed E-state index contributed by atoms with van der Waals surface area (Å²) >= 11 is 6.38. The maximum absolute atomic E-state index is 12.9. The Kier molecular flexibility index (Phi) is 7.86. The van der Waals surface area contributed by atoms with Crippen LogP contribution in [-0.2, 0) is 14.3 Å². The Bertz CT molecular complexity index is 935. The third kappa shape index (κ3) is 6.39. The standard InChI is InChI=1S/C23H31ClN4O5/c1-5-32-20(29)18-17(25-21(30)26-19(18)15-8-6-7-9-16(15)24)14-27-10-12-28(13-11-27)22(31)33-23(2,3)4/h6-9,19H,5,10-14H2,1-4H3,(H2,25,26,30)/t19-/m1/s1. The topological polar surface area (TPSA) is 100 Å². The second kappa shape index (κ2) is 10.4. The lowest BCUT2D eigenvalue weighted by atomic mass is 9.95. The smallest absolute Gasteiger partial charge is 0.410 e. The molecule has 2 aliphatic rings. The largest absolute Gasteiger partial charge is 0.463 e. The summed E-state index contributed by atoms with van der Waals surface area (Å²) < 4.78 is 10.7. The third-order valence-corrected chi connectivity index (χ3v) is 5.62. The predicted molar refractivity (Wildman–Crippen MR) is 124 cm³/mol. The summed E-state index contributed by atoms with van der Waals surface area (Å²) in [6.07, 6.45) is -0.345. The summed E-state index contributed by atoms with van der Waals surface area (Å²) in [5, 5.41) is 6.01. The molecular formula is C23H31ClN4O5. The van der Waals surface area contributed by atoms with Gasteiger partial charge in [0.05, 0.1) is 18.2 Å². The number of benzene rings is 1. The number of nitrogens with zero attached hydrogens (tertiary/aromatic N) is 2. The van der Waals surface area contributed by atoms with Crippen molar-refractivity contribution < 1.29 is 23.9 Å². The normalized spacial score (nSPS) is 19.6. The minimum absolute atomic E-state index is 0.202. The zero-order valence-corrected chi connectivity index (χ0v) is 20.2. The Morgan fingerprint density at radius 1 is 1.15 bits per heavy atom. The van der Waals surface area contributed by atoms with E-state index in [0.29, 0.717) is 54.6 Å². The maximum atomic E-state index is 12.9. The summed E-state index contributed by atoms with van der Waals surface area (Å²) in [6.45, 7) is 9.86. The number of nitrogens with one attached hydrogen (secondary N) is 2. The van der Waals surface area contributed by atoms with Crippen LogP contribution in [0.5, 0.6) is 0 Å². The van der Waals surface area contributed by atoms with Gasteiger partial charge in [-0.15, -0.1) is 0 Å². The Balaban J connectivity index is 1.81. The Hall–Kier alpha value is -2.78. The van der Waals surface area contributed by atoms with Crippen molar-refractivity contribution in [3.63, 3.8) is 0 Å². The molecule has 2 N–H and O–H groups in total. The van der Waals surface area contributed by atoms with Gasteiger partial charge in [-0.05, 0) is 39.3 Å². The number of piperazine rings is 1. The molecule has 1 fully saturated rings. The zero-order valence-electron chi connectivity index (χ0n) is 19.4. The van der Waals surface area contributed by atoms with Gasteiger partial charge in [-0.1, -0.05) is 29.8 Å². The summed E-state index contributed by atoms with van der Waals surface area (Å²) in [5.41, 5.74) is 0.844. The van der Waals surface area contributed by atoms with Crippen molar-refractivity contribution >= 4 is 29.7 Å². The molecular weight excluding hydrogens is 448 g/mol. The second-order valence-corrected chi connectivity index (χ2v) is 9.32. The van der Waals surface area contributed by atoms with Gasteiger partial charge in [0, 0.05) is 43.4 Å². The van der Waals surface area contributed by atoms with Crippen molar-refractivity contribution in [1.82, 2.24) is 20.4 Å². The van der Waals surface area contributed by atoms with Crippen LogP contribution in [0.2, 0.25) is 5.02 Å². The number of ether oxygens (including phenoxy) is 2. The molecule has 3 rings (SSSR count). The van der Waals surface area contributed by atoms with Crippen LogP contribution >= 0.6 is 11.6 Å². The number of amides is 3. The molecule has 0 aromatic heterocycles. The molecule has 180 valence electrons. The first kappa shape index (κ1) is 24.9. The molecule has 0 spiro atoms. The fourth-order valence-corrected chi connectivity index (χ4v) is 4.02. The van der Waals surface area contributed by atoms with E-state index in [-0.39, 0.29) is 12.7 Å². The Morgan fingerprint density at radius 3 is 2.42 bits per heavy atom. The number of carbonyl (C=O) groups is 3. The van der Waals surface area contributed by atoms with Crippen molar-refractivity contribution in [2.45, 2.75) is 39.3 Å². The first-order valence-corrected chi connectivity index (χ1v) is 11.4. The van der Waals surface area contributed by atoms with E-state index >= 15 is 0 Å². The van der Waals surface area contributed by atoms with E-state index in [2.05, 4.69) is 15.5 Å². The van der Waals surface area contributed by atoms with Gasteiger partial charge in [-0.25, -0.2) is 14.4 Å². The molecule has 2 aliphatic heterocycles. The van der Waals surface area contributed by atoms with Gasteiger partial charge in [-0.2, -0.15) is 0 Å². The van der Waals surface area contributed by atoms with Crippen LogP contribution in [0.15, 0.2) is 35.5 Å². The molecule has 1 atom stereocenters. The molecule has 0 unspecified atom stereocenters. The lowest BCUT2D eigenvalue weighted by molar-refractivity contribution is -0.139. The number of hydrogen-bond acceptors (Lipinski definition) is 6. The minimum Gasteiger partial charge on any atom is -0.463 e. The molecule has 0 radical (unpaired) electrons. The summed E-state index contributed by atoms with van der Waals surface area (Å²) in [7, 11) is 0. The number of hydrogen-bond donors (Lipinski definition) is 2. The molecule has 2 heterocycles. The fraction of sp³-hybridized carbons (Fsp3) is 0.522. The molecule has 9 nitrogen and oxygen atoms in total. The predicted octanol–water partition coefficient (Wildman–Crippen LogP) is 3.06. The van der Waals surface area contributed by atoms with Crippen LogP contribution < -0.4 is 10.6 Å². The number of esters is 1. The minimum atomic E-state index is -0.732. The first-order valence-electron chi connectivity index (χ1n) is 11.0. The third-order valence-electron chi connectivity index (χ3n) is 5.27. The van der Waals surface area contributed by atoms with Gasteiger partial charge in [0.1, 0.15) is 5.60 Å². The van der Waals surface area contributed by atoms with Crippen molar-refractivity contribution in [2.75, 3.05) is 39.3 Å². The number of urea groups is 1. The van der Waals surface area contributed by atoms with Gasteiger partial charge in [0.2, 0.25) is 0 Å². The quantitative estimate of drug-likeness (QED) is 0.631. The number of rotatable bonds is 5. The highest BCUT2D eigenvalue weighted by molar-refractivity contribution is 6.31. The van der Waals surface area contributed by atoms with Crippen LogP contribution in [-0.4, -0.2) is 72.8 Å². The highest BCUT2D eigenvalue weighted by Crippen LogP contribution is 2.32. The van der Waals surface area contributed by atoms with E-state index in [4.69, 9.17) is 21.1 Å². The lowest BCUT2D eigenvalue weighted by Gasteiger charge is -2.37. The summed E-state index contributed by atoms with van der Waals surface area (Å²) in [6, 6.07) is 5.92. The average molecular weight is 479 g/mol. The van der Waals surface area contributed by atoms with E-state index in [1.165, 1.54) is 0 Å². The summed E-state index contributed by atoms with van der Waals surface area (Å²) in [5.74, 6) is -0.516. The van der Waals surface area contributed by atoms with Crippen molar-refractivity contribution in [2.24, 2.45) is 0 Å². The maximum Gasteiger partial charge on any atom is 0.410 e. The van der Waals surface area contributed by atoms with E-state index in [9.17, 15) is 14.4 Å². The first-order chi connectivity index (χ1) is 15.6. The van der Waals surface area contributed by atoms with Gasteiger partial charge in [0.15, 0.2) is 0 Å². The monoisotopic (exact) mass is 478 g/mol. The molecule has 10 heteroatoms. The Labute approximate surface area is 199 Å². The van der Waals surface area contributed by atoms with Crippen molar-refractivity contribution in [3.8, 4) is 0 Å². The molecule has 1 aromatic rings. The molecule has 33 heavy (non-hydrogen) atoms. The highest BCUT2D eigenvalue weighted by atomic mass is 35.5. The van der Waals surface area contributed by atoms with Crippen LogP contribution in [0.25, 0.3) is 0 Å². The van der Waals surface area contributed by atoms with Crippen LogP contribution in [0.1, 0.15) is 39.3 Å². The molecule has 0 aliphatic carbocycles. The van der Waals surface area contributed by atoms with Crippen LogP contribution in [0.3, 0.4) is 0 Å².